The third-order valence-electron chi connectivity index (χ3n) is 3.37. The molecule has 6 nitrogen and oxygen atoms in total. The van der Waals surface area contributed by atoms with Crippen molar-refractivity contribution in [3.63, 3.8) is 0 Å². The summed E-state index contributed by atoms with van der Waals surface area (Å²) in [6, 6.07) is 11.2. The Balaban J connectivity index is 1.67. The summed E-state index contributed by atoms with van der Waals surface area (Å²) in [6.07, 6.45) is 0. The molecule has 0 saturated heterocycles. The van der Waals surface area contributed by atoms with E-state index < -0.39 is 5.82 Å². The highest BCUT2D eigenvalue weighted by molar-refractivity contribution is 7.99. The number of amides is 1. The van der Waals surface area contributed by atoms with Gasteiger partial charge in [-0.2, -0.15) is 4.68 Å². The van der Waals surface area contributed by atoms with Crippen LogP contribution in [-0.4, -0.2) is 31.9 Å². The fraction of sp³-hybridized carbons (Fsp3) is 0.125. The average molecular weight is 378 g/mol. The Hall–Kier alpha value is -2.45. The number of hydrogen-bond donors (Lipinski definition) is 1. The number of nitrogens with zero attached hydrogens (tertiary/aromatic N) is 4. The van der Waals surface area contributed by atoms with E-state index in [1.54, 1.807) is 30.3 Å². The number of benzene rings is 2. The first-order valence-corrected chi connectivity index (χ1v) is 8.63. The van der Waals surface area contributed by atoms with Crippen molar-refractivity contribution >= 4 is 35.0 Å². The lowest BCUT2D eigenvalue weighted by atomic mass is 10.2. The lowest BCUT2D eigenvalue weighted by Crippen LogP contribution is -2.15. The second-order valence-electron chi connectivity index (χ2n) is 5.10. The number of hydrogen-bond acceptors (Lipinski definition) is 5. The molecule has 0 aliphatic rings. The van der Waals surface area contributed by atoms with E-state index in [0.29, 0.717) is 21.6 Å². The molecule has 2 aromatic carbocycles. The van der Waals surface area contributed by atoms with E-state index in [2.05, 4.69) is 20.8 Å². The summed E-state index contributed by atoms with van der Waals surface area (Å²) in [6.45, 7) is 1.83. The number of nitrogens with one attached hydrogen (secondary N) is 1. The summed E-state index contributed by atoms with van der Waals surface area (Å²) in [4.78, 5) is 12.2. The van der Waals surface area contributed by atoms with Crippen LogP contribution in [0.5, 0.6) is 0 Å². The Morgan fingerprint density at radius 3 is 2.92 bits per heavy atom. The highest BCUT2D eigenvalue weighted by atomic mass is 35.5. The van der Waals surface area contributed by atoms with Crippen molar-refractivity contribution in [1.29, 1.82) is 0 Å². The predicted octanol–water partition coefficient (Wildman–Crippen LogP) is 3.49. The van der Waals surface area contributed by atoms with Crippen LogP contribution >= 0.6 is 23.4 Å². The van der Waals surface area contributed by atoms with E-state index >= 15 is 0 Å². The largest absolute Gasteiger partial charge is 0.325 e. The van der Waals surface area contributed by atoms with Gasteiger partial charge in [-0.05, 0) is 53.2 Å². The van der Waals surface area contributed by atoms with Crippen LogP contribution in [0, 0.1) is 12.7 Å². The quantitative estimate of drug-likeness (QED) is 0.689. The average Bonchev–Trinajstić information content (AvgIpc) is 3.06. The smallest absolute Gasteiger partial charge is 0.234 e. The minimum Gasteiger partial charge on any atom is -0.325 e. The van der Waals surface area contributed by atoms with Gasteiger partial charge >= 0.3 is 0 Å². The summed E-state index contributed by atoms with van der Waals surface area (Å²) < 4.78 is 14.7. The van der Waals surface area contributed by atoms with Crippen molar-refractivity contribution in [1.82, 2.24) is 20.2 Å². The molecular formula is C16H13ClFN5OS. The van der Waals surface area contributed by atoms with Crippen LogP contribution in [0.4, 0.5) is 10.1 Å². The number of tetrazole rings is 1. The molecule has 1 amide bonds. The molecule has 25 heavy (non-hydrogen) atoms. The number of carbonyl (C=O) groups excluding carboxylic acids is 1. The third kappa shape index (κ3) is 4.15. The van der Waals surface area contributed by atoms with Gasteiger partial charge in [-0.3, -0.25) is 4.79 Å². The topological polar surface area (TPSA) is 72.7 Å². The SMILES string of the molecule is Cc1c(Cl)cccc1NC(=O)CSc1nnnn1-c1cccc(F)c1. The molecule has 1 heterocycles. The zero-order chi connectivity index (χ0) is 17.8. The highest BCUT2D eigenvalue weighted by Crippen LogP contribution is 2.24. The zero-order valence-corrected chi connectivity index (χ0v) is 14.7. The highest BCUT2D eigenvalue weighted by Gasteiger charge is 2.13. The van der Waals surface area contributed by atoms with Crippen LogP contribution in [0.1, 0.15) is 5.56 Å². The van der Waals surface area contributed by atoms with Crippen molar-refractivity contribution in [2.75, 3.05) is 11.1 Å². The van der Waals surface area contributed by atoms with Crippen molar-refractivity contribution in [2.45, 2.75) is 12.1 Å². The fourth-order valence-corrected chi connectivity index (χ4v) is 2.96. The Kier molecular flexibility index (Phi) is 5.30. The maximum Gasteiger partial charge on any atom is 0.234 e. The van der Waals surface area contributed by atoms with E-state index in [0.717, 1.165) is 17.3 Å². The minimum absolute atomic E-state index is 0.0989. The Morgan fingerprint density at radius 2 is 2.12 bits per heavy atom. The Morgan fingerprint density at radius 1 is 1.32 bits per heavy atom. The number of carbonyl (C=O) groups is 1. The van der Waals surface area contributed by atoms with E-state index in [9.17, 15) is 9.18 Å². The number of halogens is 2. The van der Waals surface area contributed by atoms with Crippen molar-refractivity contribution < 1.29 is 9.18 Å². The normalized spacial score (nSPS) is 10.7. The summed E-state index contributed by atoms with van der Waals surface area (Å²) >= 11 is 7.19. The van der Waals surface area contributed by atoms with Gasteiger partial charge in [-0.15, -0.1) is 5.10 Å². The Bertz CT molecular complexity index is 917. The van der Waals surface area contributed by atoms with Crippen LogP contribution in [0.15, 0.2) is 47.6 Å². The van der Waals surface area contributed by atoms with Gasteiger partial charge in [0.1, 0.15) is 5.82 Å². The number of thioether (sulfide) groups is 1. The second-order valence-corrected chi connectivity index (χ2v) is 6.45. The van der Waals surface area contributed by atoms with E-state index in [4.69, 9.17) is 11.6 Å². The maximum absolute atomic E-state index is 13.4. The summed E-state index contributed by atoms with van der Waals surface area (Å²) in [5.74, 6) is -0.510. The molecule has 3 aromatic rings. The van der Waals surface area contributed by atoms with Crippen molar-refractivity contribution in [2.24, 2.45) is 0 Å². The summed E-state index contributed by atoms with van der Waals surface area (Å²) in [5.41, 5.74) is 1.94. The monoisotopic (exact) mass is 377 g/mol. The molecule has 0 aliphatic heterocycles. The van der Waals surface area contributed by atoms with Crippen molar-refractivity contribution in [3.05, 3.63) is 58.9 Å². The van der Waals surface area contributed by atoms with E-state index in [-0.39, 0.29) is 11.7 Å². The van der Waals surface area contributed by atoms with Crippen molar-refractivity contribution in [3.8, 4) is 5.69 Å². The lowest BCUT2D eigenvalue weighted by molar-refractivity contribution is -0.113. The summed E-state index contributed by atoms with van der Waals surface area (Å²) in [7, 11) is 0. The lowest BCUT2D eigenvalue weighted by Gasteiger charge is -2.09. The molecule has 0 radical (unpaired) electrons. The van der Waals surface area contributed by atoms with Gasteiger partial charge < -0.3 is 5.32 Å². The van der Waals surface area contributed by atoms with Gasteiger partial charge in [0.25, 0.3) is 0 Å². The number of rotatable bonds is 5. The molecule has 1 aromatic heterocycles. The molecule has 0 aliphatic carbocycles. The van der Waals surface area contributed by atoms with Crippen LogP contribution in [-0.2, 0) is 4.79 Å². The van der Waals surface area contributed by atoms with Crippen LogP contribution in [0.2, 0.25) is 5.02 Å². The van der Waals surface area contributed by atoms with Crippen LogP contribution in [0.25, 0.3) is 5.69 Å². The molecular weight excluding hydrogens is 365 g/mol. The first-order valence-electron chi connectivity index (χ1n) is 7.26. The molecule has 0 spiro atoms. The molecule has 9 heteroatoms. The molecule has 1 N–H and O–H groups in total. The standard InChI is InChI=1S/C16H13ClFN5OS/c1-10-13(17)6-3-7-14(10)19-15(24)9-25-16-20-21-22-23(16)12-5-2-4-11(18)8-12/h2-8H,9H2,1H3,(H,19,24). The minimum atomic E-state index is -0.391. The first kappa shape index (κ1) is 17.4. The molecule has 0 fully saturated rings. The second kappa shape index (κ2) is 7.62. The number of anilines is 1. The molecule has 0 unspecified atom stereocenters. The molecule has 128 valence electrons. The fourth-order valence-electron chi connectivity index (χ4n) is 2.10. The van der Waals surface area contributed by atoms with E-state index in [1.807, 2.05) is 6.92 Å². The van der Waals surface area contributed by atoms with Gasteiger partial charge in [0, 0.05) is 10.7 Å². The first-order chi connectivity index (χ1) is 12.0. The predicted molar refractivity (Wildman–Crippen MR) is 94.7 cm³/mol. The molecule has 0 atom stereocenters. The van der Waals surface area contributed by atoms with Gasteiger partial charge in [0.2, 0.25) is 11.1 Å². The van der Waals surface area contributed by atoms with Gasteiger partial charge in [0.05, 0.1) is 11.4 Å². The van der Waals surface area contributed by atoms with Gasteiger partial charge in [-0.25, -0.2) is 4.39 Å². The zero-order valence-electron chi connectivity index (χ0n) is 13.1. The van der Waals surface area contributed by atoms with Crippen LogP contribution < -0.4 is 5.32 Å². The maximum atomic E-state index is 13.4. The number of aromatic nitrogens is 4. The molecule has 3 rings (SSSR count). The van der Waals surface area contributed by atoms with Gasteiger partial charge in [0.15, 0.2) is 0 Å². The molecule has 0 bridgehead atoms. The Labute approximate surface area is 152 Å². The van der Waals surface area contributed by atoms with Crippen LogP contribution in [0.3, 0.4) is 0 Å². The summed E-state index contributed by atoms with van der Waals surface area (Å²) in [5, 5.41) is 15.1. The van der Waals surface area contributed by atoms with E-state index in [1.165, 1.54) is 16.8 Å². The molecule has 0 saturated carbocycles. The third-order valence-corrected chi connectivity index (χ3v) is 4.70. The van der Waals surface area contributed by atoms with Gasteiger partial charge in [-0.1, -0.05) is 35.5 Å².